The number of hydrogen-bond donors (Lipinski definition) is 3. The number of piperidine rings is 3. The molecule has 0 spiro atoms. The minimum absolute atomic E-state index is 0. The highest BCUT2D eigenvalue weighted by Gasteiger charge is 2.43. The number of nitrogens with one attached hydrogen (secondary N) is 3. The Morgan fingerprint density at radius 1 is 0.848 bits per heavy atom. The fourth-order valence-corrected chi connectivity index (χ4v) is 11.0. The molecule has 5 fully saturated rings. The summed E-state index contributed by atoms with van der Waals surface area (Å²) in [6, 6.07) is 8.60. The van der Waals surface area contributed by atoms with Crippen LogP contribution in [0.15, 0.2) is 36.7 Å². The Balaban J connectivity index is 0.00000124. The summed E-state index contributed by atoms with van der Waals surface area (Å²) in [5, 5.41) is 2.41. The molecule has 1 aromatic heterocycles. The largest absolute Gasteiger partial charge is 0.484 e. The molecule has 7 heterocycles. The normalized spacial score (nSPS) is 24.1. The number of rotatable bonds is 10. The maximum atomic E-state index is 14.9. The van der Waals surface area contributed by atoms with Crippen LogP contribution in [-0.4, -0.2) is 118 Å². The first kappa shape index (κ1) is 47.6. The van der Waals surface area contributed by atoms with E-state index in [1.807, 2.05) is 46.8 Å². The molecular weight excluding hydrogens is 836 g/mol. The third kappa shape index (κ3) is 9.89. The van der Waals surface area contributed by atoms with Gasteiger partial charge in [-0.1, -0.05) is 27.7 Å². The van der Waals surface area contributed by atoms with Crippen LogP contribution in [0.3, 0.4) is 0 Å². The molecule has 1 saturated carbocycles. The zero-order valence-corrected chi connectivity index (χ0v) is 40.6. The van der Waals surface area contributed by atoms with E-state index in [-0.39, 0.29) is 50.0 Å². The number of carbonyl (C=O) groups is 3. The number of benzene rings is 2. The van der Waals surface area contributed by atoms with Crippen molar-refractivity contribution >= 4 is 34.9 Å². The average molecular weight is 913 g/mol. The van der Waals surface area contributed by atoms with E-state index in [2.05, 4.69) is 78.6 Å². The van der Waals surface area contributed by atoms with Crippen molar-refractivity contribution in [3.05, 3.63) is 70.4 Å². The van der Waals surface area contributed by atoms with Crippen molar-refractivity contribution in [1.82, 2.24) is 35.4 Å². The van der Waals surface area contributed by atoms with Crippen LogP contribution in [0, 0.1) is 24.6 Å². The Kier molecular flexibility index (Phi) is 14.3. The molecule has 66 heavy (non-hydrogen) atoms. The van der Waals surface area contributed by atoms with Crippen molar-refractivity contribution in [1.29, 1.82) is 0 Å². The number of hydrazine groups is 1. The average Bonchev–Trinajstić information content (AvgIpc) is 3.75. The molecule has 3 amide bonds. The number of fused-ring (bicyclic) bond motifs is 2. The van der Waals surface area contributed by atoms with Gasteiger partial charge in [0.2, 0.25) is 11.8 Å². The van der Waals surface area contributed by atoms with E-state index in [4.69, 9.17) is 4.74 Å². The fraction of sp³-hybridized carbons (Fsp3) is 0.627. The van der Waals surface area contributed by atoms with Crippen LogP contribution in [0.1, 0.15) is 141 Å². The van der Waals surface area contributed by atoms with Gasteiger partial charge in [0.15, 0.2) is 11.6 Å². The van der Waals surface area contributed by atoms with Crippen molar-refractivity contribution in [3.8, 4) is 5.75 Å². The van der Waals surface area contributed by atoms with Gasteiger partial charge in [-0.25, -0.2) is 19.8 Å². The number of ether oxygens (including phenoxy) is 1. The number of nitrogens with zero attached hydrogens (tertiary/aromatic N) is 7. The van der Waals surface area contributed by atoms with Gasteiger partial charge in [-0.2, -0.15) is 0 Å². The summed E-state index contributed by atoms with van der Waals surface area (Å²) in [6.07, 6.45) is 8.69. The molecule has 4 saturated heterocycles. The van der Waals surface area contributed by atoms with Gasteiger partial charge in [0.05, 0.1) is 17.4 Å². The van der Waals surface area contributed by atoms with Crippen LogP contribution < -0.4 is 30.7 Å². The maximum Gasteiger partial charge on any atom is 0.255 e. The fourth-order valence-electron chi connectivity index (χ4n) is 11.0. The number of hydrogen-bond acceptors (Lipinski definition) is 12. The standard InChI is InChI=1S/C47H61FN10O4.2C2H6.2H2/c1-29-34-26-58(39-7-8-42(59)51-44(39)60)45(61)32(34)5-6-38(29)55-15-9-30(10-16-55)24-54-19-20-57(46(2,3)27-54)25-31-11-17-56(18-12-31)41-23-37(49-28-50-41)43-33-21-40(62-47(4)13-14-47)35(48)22-36(33)52-53-43;2*1-2;;/h5-6,21-23,28,30-31,39,43,52-53H,7-20,24-27H2,1-4H3,(H,51,59,60);2*1-2H3;2*1H. The van der Waals surface area contributed by atoms with Crippen molar-refractivity contribution < 1.29 is 26.4 Å². The van der Waals surface area contributed by atoms with E-state index >= 15 is 0 Å². The predicted molar refractivity (Wildman–Crippen MR) is 261 cm³/mol. The molecule has 14 nitrogen and oxygen atoms in total. The first-order valence-electron chi connectivity index (χ1n) is 24.9. The number of aromatic nitrogens is 2. The van der Waals surface area contributed by atoms with Crippen molar-refractivity contribution in [2.24, 2.45) is 11.8 Å². The van der Waals surface area contributed by atoms with Crippen LogP contribution in [-0.2, 0) is 16.1 Å². The molecule has 2 unspecified atom stereocenters. The van der Waals surface area contributed by atoms with Crippen LogP contribution in [0.2, 0.25) is 0 Å². The lowest BCUT2D eigenvalue weighted by Crippen LogP contribution is -2.61. The third-order valence-corrected chi connectivity index (χ3v) is 15.1. The van der Waals surface area contributed by atoms with E-state index in [0.717, 1.165) is 126 Å². The van der Waals surface area contributed by atoms with E-state index in [1.54, 1.807) is 11.2 Å². The molecule has 10 rings (SSSR count). The molecular formula is C51H77FN10O4. The van der Waals surface area contributed by atoms with Crippen LogP contribution in [0.4, 0.5) is 21.6 Å². The van der Waals surface area contributed by atoms with Gasteiger partial charge in [0.1, 0.15) is 23.8 Å². The Morgan fingerprint density at radius 3 is 2.23 bits per heavy atom. The lowest BCUT2D eigenvalue weighted by molar-refractivity contribution is -0.136. The maximum absolute atomic E-state index is 14.9. The Labute approximate surface area is 394 Å². The topological polar surface area (TPSA) is 139 Å². The molecule has 1 aliphatic carbocycles. The molecule has 0 bridgehead atoms. The number of imide groups is 1. The van der Waals surface area contributed by atoms with Crippen molar-refractivity contribution in [3.63, 3.8) is 0 Å². The summed E-state index contributed by atoms with van der Waals surface area (Å²) >= 11 is 0. The van der Waals surface area contributed by atoms with Crippen molar-refractivity contribution in [2.45, 2.75) is 137 Å². The molecule has 7 aliphatic rings. The summed E-state index contributed by atoms with van der Waals surface area (Å²) in [7, 11) is 0. The second-order valence-electron chi connectivity index (χ2n) is 19.9. The quantitative estimate of drug-likeness (QED) is 0.172. The number of halogens is 1. The Bertz CT molecular complexity index is 2270. The monoisotopic (exact) mass is 913 g/mol. The first-order valence-corrected chi connectivity index (χ1v) is 24.9. The zero-order chi connectivity index (χ0) is 46.9. The smallest absolute Gasteiger partial charge is 0.255 e. The second kappa shape index (κ2) is 19.8. The highest BCUT2D eigenvalue weighted by atomic mass is 19.1. The summed E-state index contributed by atoms with van der Waals surface area (Å²) in [5.41, 5.74) is 12.8. The molecule has 2 atom stereocenters. The van der Waals surface area contributed by atoms with E-state index in [9.17, 15) is 18.8 Å². The predicted octanol–water partition coefficient (Wildman–Crippen LogP) is 7.71. The Hall–Kier alpha value is -4.86. The van der Waals surface area contributed by atoms with Gasteiger partial charge in [-0.15, -0.1) is 0 Å². The number of piperazine rings is 1. The van der Waals surface area contributed by atoms with Crippen molar-refractivity contribution in [2.75, 3.05) is 74.1 Å². The van der Waals surface area contributed by atoms with Crippen LogP contribution >= 0.6 is 0 Å². The van der Waals surface area contributed by atoms with Crippen LogP contribution in [0.25, 0.3) is 0 Å². The number of anilines is 3. The van der Waals surface area contributed by atoms with Gasteiger partial charge in [-0.3, -0.25) is 29.5 Å². The second-order valence-corrected chi connectivity index (χ2v) is 19.9. The van der Waals surface area contributed by atoms with E-state index in [1.165, 1.54) is 11.8 Å². The van der Waals surface area contributed by atoms with Gasteiger partial charge in [0, 0.05) is 109 Å². The molecule has 6 aliphatic heterocycles. The minimum atomic E-state index is -0.595. The summed E-state index contributed by atoms with van der Waals surface area (Å²) in [5.74, 6) is 1.41. The van der Waals surface area contributed by atoms with Gasteiger partial charge in [-0.05, 0) is 114 Å². The molecule has 2 aromatic carbocycles. The molecule has 3 aromatic rings. The lowest BCUT2D eigenvalue weighted by atomic mass is 9.90. The molecule has 3 N–H and O–H groups in total. The summed E-state index contributed by atoms with van der Waals surface area (Å²) in [6.45, 7) is 26.8. The minimum Gasteiger partial charge on any atom is -0.484 e. The SMILES string of the molecule is CC.CC.Cc1c(N2CCC(CN3CCN(CC4CCN(c5cc(C6NNc7cc(F)c(OC8(C)CC8)cc76)ncn5)CC4)C(C)(C)C3)CC2)ccc2c1CN(C1CCC(=O)NC1=O)C2=O.[HH].[HH]. The van der Waals surface area contributed by atoms with E-state index in [0.29, 0.717) is 41.8 Å². The van der Waals surface area contributed by atoms with Gasteiger partial charge in [0.25, 0.3) is 5.91 Å². The lowest BCUT2D eigenvalue weighted by Gasteiger charge is -2.50. The molecule has 362 valence electrons. The third-order valence-electron chi connectivity index (χ3n) is 15.1. The zero-order valence-electron chi connectivity index (χ0n) is 40.6. The van der Waals surface area contributed by atoms with Gasteiger partial charge >= 0.3 is 0 Å². The Morgan fingerprint density at radius 2 is 1.55 bits per heavy atom. The van der Waals surface area contributed by atoms with Gasteiger partial charge < -0.3 is 24.9 Å². The molecule has 15 heteroatoms. The summed E-state index contributed by atoms with van der Waals surface area (Å²) < 4.78 is 20.9. The first-order chi connectivity index (χ1) is 31.8. The molecule has 0 radical (unpaired) electrons. The summed E-state index contributed by atoms with van der Waals surface area (Å²) in [4.78, 5) is 58.9. The number of carbonyl (C=O) groups excluding carboxylic acids is 3. The highest BCUT2D eigenvalue weighted by molar-refractivity contribution is 6.05. The number of amides is 3. The highest BCUT2D eigenvalue weighted by Crippen LogP contribution is 2.44. The van der Waals surface area contributed by atoms with E-state index < -0.39 is 6.04 Å². The van der Waals surface area contributed by atoms with Crippen LogP contribution in [0.5, 0.6) is 5.75 Å².